The average molecular weight is 353 g/mol. The highest BCUT2D eigenvalue weighted by Gasteiger charge is 2.21. The van der Waals surface area contributed by atoms with Crippen molar-refractivity contribution >= 4 is 23.0 Å². The minimum atomic E-state index is -0.469. The maximum Gasteiger partial charge on any atom is 0.250 e. The number of amides is 1. The van der Waals surface area contributed by atoms with Gasteiger partial charge in [0.05, 0.1) is 16.9 Å². The molecule has 0 aromatic heterocycles. The second-order valence-corrected chi connectivity index (χ2v) is 6.72. The molecule has 0 spiro atoms. The summed E-state index contributed by atoms with van der Waals surface area (Å²) in [7, 11) is 0. The quantitative estimate of drug-likeness (QED) is 0.691. The van der Waals surface area contributed by atoms with Gasteiger partial charge in [0.2, 0.25) is 0 Å². The van der Waals surface area contributed by atoms with Crippen LogP contribution in [0.1, 0.15) is 17.3 Å². The first-order chi connectivity index (χ1) is 12.6. The van der Waals surface area contributed by atoms with Crippen LogP contribution in [-0.4, -0.2) is 49.6 Å². The van der Waals surface area contributed by atoms with E-state index in [2.05, 4.69) is 46.3 Å². The molecule has 1 aliphatic heterocycles. The first kappa shape index (κ1) is 18.1. The Kier molecular flexibility index (Phi) is 5.63. The van der Waals surface area contributed by atoms with Crippen molar-refractivity contribution in [1.29, 1.82) is 0 Å². The number of nitrogens with two attached hydrogens (primary N) is 2. The summed E-state index contributed by atoms with van der Waals surface area (Å²) in [6, 6.07) is 16.1. The molecule has 1 amide bonds. The van der Waals surface area contributed by atoms with Crippen molar-refractivity contribution in [3.8, 4) is 0 Å². The van der Waals surface area contributed by atoms with E-state index in [1.165, 1.54) is 5.69 Å². The molecule has 0 radical (unpaired) electrons. The van der Waals surface area contributed by atoms with Crippen molar-refractivity contribution in [2.75, 3.05) is 48.7 Å². The van der Waals surface area contributed by atoms with Crippen molar-refractivity contribution < 1.29 is 4.79 Å². The standard InChI is InChI=1S/C20H27N5O/c1-15(14-23-19-17(20(22)26)8-5-9-18(19)21)24-10-12-25(13-11-24)16-6-3-2-4-7-16/h2-9,15,23H,10-14,21H2,1H3,(H2,22,26). The highest BCUT2D eigenvalue weighted by atomic mass is 16.1. The molecule has 1 fully saturated rings. The Morgan fingerprint density at radius 2 is 1.77 bits per heavy atom. The Bertz CT molecular complexity index is 741. The van der Waals surface area contributed by atoms with Crippen LogP contribution in [0.3, 0.4) is 0 Å². The monoisotopic (exact) mass is 353 g/mol. The summed E-state index contributed by atoms with van der Waals surface area (Å²) in [5, 5.41) is 3.32. The number of para-hydroxylation sites is 2. The maximum atomic E-state index is 11.6. The Morgan fingerprint density at radius 3 is 2.42 bits per heavy atom. The van der Waals surface area contributed by atoms with E-state index in [1.807, 2.05) is 6.07 Å². The number of nitrogen functional groups attached to an aromatic ring is 1. The maximum absolute atomic E-state index is 11.6. The molecule has 2 aromatic rings. The summed E-state index contributed by atoms with van der Waals surface area (Å²) in [5.41, 5.74) is 14.4. The zero-order valence-electron chi connectivity index (χ0n) is 15.2. The highest BCUT2D eigenvalue weighted by molar-refractivity contribution is 6.01. The fourth-order valence-corrected chi connectivity index (χ4v) is 3.41. The van der Waals surface area contributed by atoms with E-state index in [1.54, 1.807) is 18.2 Å². The molecule has 138 valence electrons. The van der Waals surface area contributed by atoms with Crippen LogP contribution in [0.2, 0.25) is 0 Å². The first-order valence-electron chi connectivity index (χ1n) is 9.02. The van der Waals surface area contributed by atoms with E-state index < -0.39 is 5.91 Å². The van der Waals surface area contributed by atoms with Gasteiger partial charge in [-0.25, -0.2) is 0 Å². The summed E-state index contributed by atoms with van der Waals surface area (Å²) >= 11 is 0. The number of carbonyl (C=O) groups excluding carboxylic acids is 1. The summed E-state index contributed by atoms with van der Waals surface area (Å²) < 4.78 is 0. The summed E-state index contributed by atoms with van der Waals surface area (Å²) in [5.74, 6) is -0.469. The lowest BCUT2D eigenvalue weighted by Crippen LogP contribution is -2.51. The third-order valence-corrected chi connectivity index (χ3v) is 5.00. The number of hydrogen-bond donors (Lipinski definition) is 3. The number of rotatable bonds is 6. The van der Waals surface area contributed by atoms with Crippen LogP contribution in [0.5, 0.6) is 0 Å². The first-order valence-corrected chi connectivity index (χ1v) is 9.02. The predicted molar refractivity (Wildman–Crippen MR) is 108 cm³/mol. The van der Waals surface area contributed by atoms with Gasteiger partial charge in [-0.15, -0.1) is 0 Å². The number of benzene rings is 2. The van der Waals surface area contributed by atoms with Crippen molar-refractivity contribution in [3.63, 3.8) is 0 Å². The normalized spacial score (nSPS) is 16.3. The molecule has 1 heterocycles. The van der Waals surface area contributed by atoms with Crippen molar-refractivity contribution in [3.05, 3.63) is 54.1 Å². The molecular formula is C20H27N5O. The van der Waals surface area contributed by atoms with Crippen LogP contribution in [-0.2, 0) is 0 Å². The summed E-state index contributed by atoms with van der Waals surface area (Å²) in [4.78, 5) is 16.5. The van der Waals surface area contributed by atoms with Crippen LogP contribution < -0.4 is 21.7 Å². The van der Waals surface area contributed by atoms with Gasteiger partial charge in [-0.05, 0) is 31.2 Å². The molecule has 1 atom stereocenters. The molecule has 0 bridgehead atoms. The molecule has 5 N–H and O–H groups in total. The lowest BCUT2D eigenvalue weighted by Gasteiger charge is -2.39. The van der Waals surface area contributed by atoms with Crippen LogP contribution >= 0.6 is 0 Å². The molecule has 1 unspecified atom stereocenters. The van der Waals surface area contributed by atoms with Crippen molar-refractivity contribution in [1.82, 2.24) is 4.90 Å². The van der Waals surface area contributed by atoms with E-state index in [0.29, 0.717) is 29.5 Å². The smallest absolute Gasteiger partial charge is 0.250 e. The van der Waals surface area contributed by atoms with Crippen LogP contribution in [0.15, 0.2) is 48.5 Å². The summed E-state index contributed by atoms with van der Waals surface area (Å²) in [6.07, 6.45) is 0. The van der Waals surface area contributed by atoms with Crippen molar-refractivity contribution in [2.45, 2.75) is 13.0 Å². The van der Waals surface area contributed by atoms with Gasteiger partial charge in [-0.1, -0.05) is 24.3 Å². The molecule has 6 nitrogen and oxygen atoms in total. The number of carbonyl (C=O) groups is 1. The zero-order chi connectivity index (χ0) is 18.5. The van der Waals surface area contributed by atoms with Gasteiger partial charge in [-0.3, -0.25) is 9.69 Å². The average Bonchev–Trinajstić information content (AvgIpc) is 2.67. The predicted octanol–water partition coefficient (Wildman–Crippen LogP) is 1.99. The van der Waals surface area contributed by atoms with E-state index in [4.69, 9.17) is 11.5 Å². The number of anilines is 3. The van der Waals surface area contributed by atoms with Gasteiger partial charge in [0, 0.05) is 44.5 Å². The molecule has 1 aliphatic rings. The van der Waals surface area contributed by atoms with Crippen LogP contribution in [0.4, 0.5) is 17.1 Å². The Morgan fingerprint density at radius 1 is 1.08 bits per heavy atom. The molecule has 0 aliphatic carbocycles. The third kappa shape index (κ3) is 4.08. The molecule has 2 aromatic carbocycles. The molecular weight excluding hydrogens is 326 g/mol. The highest BCUT2D eigenvalue weighted by Crippen LogP contribution is 2.23. The second-order valence-electron chi connectivity index (χ2n) is 6.72. The SMILES string of the molecule is CC(CNc1c(N)cccc1C(N)=O)N1CCN(c2ccccc2)CC1. The van der Waals surface area contributed by atoms with Gasteiger partial charge in [0.25, 0.3) is 5.91 Å². The summed E-state index contributed by atoms with van der Waals surface area (Å²) in [6.45, 7) is 6.92. The molecule has 1 saturated heterocycles. The molecule has 26 heavy (non-hydrogen) atoms. The second kappa shape index (κ2) is 8.10. The van der Waals surface area contributed by atoms with E-state index >= 15 is 0 Å². The number of piperazine rings is 1. The molecule has 6 heteroatoms. The number of nitrogens with zero attached hydrogens (tertiary/aromatic N) is 2. The number of hydrogen-bond acceptors (Lipinski definition) is 5. The molecule has 0 saturated carbocycles. The number of primary amides is 1. The van der Waals surface area contributed by atoms with Crippen LogP contribution in [0.25, 0.3) is 0 Å². The Balaban J connectivity index is 1.56. The number of nitrogens with one attached hydrogen (secondary N) is 1. The van der Waals surface area contributed by atoms with E-state index in [9.17, 15) is 4.79 Å². The lowest BCUT2D eigenvalue weighted by molar-refractivity contribution is 0.100. The van der Waals surface area contributed by atoms with E-state index in [-0.39, 0.29) is 0 Å². The Labute approximate surface area is 154 Å². The van der Waals surface area contributed by atoms with Crippen molar-refractivity contribution in [2.24, 2.45) is 5.73 Å². The van der Waals surface area contributed by atoms with Crippen LogP contribution in [0, 0.1) is 0 Å². The minimum absolute atomic E-state index is 0.327. The van der Waals surface area contributed by atoms with Gasteiger partial charge < -0.3 is 21.7 Å². The van der Waals surface area contributed by atoms with Gasteiger partial charge in [0.15, 0.2) is 0 Å². The lowest BCUT2D eigenvalue weighted by atomic mass is 10.1. The van der Waals surface area contributed by atoms with Gasteiger partial charge >= 0.3 is 0 Å². The van der Waals surface area contributed by atoms with Gasteiger partial charge in [-0.2, -0.15) is 0 Å². The fraction of sp³-hybridized carbons (Fsp3) is 0.350. The fourth-order valence-electron chi connectivity index (χ4n) is 3.41. The Hall–Kier alpha value is -2.73. The minimum Gasteiger partial charge on any atom is -0.397 e. The third-order valence-electron chi connectivity index (χ3n) is 5.00. The topological polar surface area (TPSA) is 87.6 Å². The molecule has 3 rings (SSSR count). The van der Waals surface area contributed by atoms with E-state index in [0.717, 1.165) is 26.2 Å². The zero-order valence-corrected chi connectivity index (χ0v) is 15.2. The largest absolute Gasteiger partial charge is 0.397 e. The van der Waals surface area contributed by atoms with Gasteiger partial charge in [0.1, 0.15) is 0 Å².